The Morgan fingerprint density at radius 2 is 1.96 bits per heavy atom. The van der Waals surface area contributed by atoms with E-state index in [1.165, 1.54) is 6.07 Å². The van der Waals surface area contributed by atoms with Crippen molar-refractivity contribution in [3.8, 4) is 0 Å². The van der Waals surface area contributed by atoms with Crippen LogP contribution in [0.3, 0.4) is 0 Å². The molecule has 5 rings (SSSR count). The number of nitrogens with one attached hydrogen (secondary N) is 1. The summed E-state index contributed by atoms with van der Waals surface area (Å²) < 4.78 is 19.4. The number of hydrogen-bond acceptors (Lipinski definition) is 3. The van der Waals surface area contributed by atoms with Crippen molar-refractivity contribution in [1.29, 1.82) is 0 Å². The summed E-state index contributed by atoms with van der Waals surface area (Å²) in [5.74, 6) is -0.661. The number of halogens is 2. The van der Waals surface area contributed by atoms with Gasteiger partial charge in [-0.25, -0.2) is 9.18 Å². The van der Waals surface area contributed by atoms with E-state index < -0.39 is 0 Å². The first kappa shape index (κ1) is 17.2. The predicted octanol–water partition coefficient (Wildman–Crippen LogP) is 3.68. The minimum Gasteiger partial charge on any atom is -0.461 e. The standard InChI is InChI=1S/C18H21FN2O2.ClH/c1-12-8-16-13(9-15(12)19)14(10-20-16)17(22)23-11-18-2-5-21(6-3-18)7-4-18;/h8-10,20H,2-7,11H2,1H3;1H. The van der Waals surface area contributed by atoms with Gasteiger partial charge in [0.15, 0.2) is 0 Å². The van der Waals surface area contributed by atoms with Gasteiger partial charge in [-0.2, -0.15) is 0 Å². The lowest BCUT2D eigenvalue weighted by atomic mass is 9.73. The molecule has 0 spiro atoms. The average Bonchev–Trinajstić information content (AvgIpc) is 2.98. The number of nitrogens with zero attached hydrogens (tertiary/aromatic N) is 1. The summed E-state index contributed by atoms with van der Waals surface area (Å²) in [6.07, 6.45) is 4.92. The Morgan fingerprint density at radius 1 is 1.29 bits per heavy atom. The zero-order valence-electron chi connectivity index (χ0n) is 13.7. The van der Waals surface area contributed by atoms with Crippen LogP contribution in [-0.2, 0) is 4.74 Å². The van der Waals surface area contributed by atoms with Crippen molar-refractivity contribution in [3.63, 3.8) is 0 Å². The van der Waals surface area contributed by atoms with Gasteiger partial charge in [-0.15, -0.1) is 12.4 Å². The van der Waals surface area contributed by atoms with E-state index in [1.807, 2.05) is 0 Å². The molecule has 3 fully saturated rings. The molecule has 24 heavy (non-hydrogen) atoms. The molecule has 3 aliphatic heterocycles. The maximum absolute atomic E-state index is 13.8. The third-order valence-corrected chi connectivity index (χ3v) is 5.57. The van der Waals surface area contributed by atoms with Gasteiger partial charge in [-0.05, 0) is 63.5 Å². The van der Waals surface area contributed by atoms with E-state index in [9.17, 15) is 9.18 Å². The summed E-state index contributed by atoms with van der Waals surface area (Å²) in [5.41, 5.74) is 1.90. The fourth-order valence-corrected chi connectivity index (χ4v) is 3.83. The molecule has 1 aromatic carbocycles. The van der Waals surface area contributed by atoms with Crippen LogP contribution in [0.2, 0.25) is 0 Å². The van der Waals surface area contributed by atoms with Gasteiger partial charge in [0.1, 0.15) is 5.82 Å². The van der Waals surface area contributed by atoms with E-state index in [1.54, 1.807) is 19.2 Å². The maximum atomic E-state index is 13.8. The van der Waals surface area contributed by atoms with Crippen molar-refractivity contribution in [1.82, 2.24) is 9.88 Å². The maximum Gasteiger partial charge on any atom is 0.340 e. The summed E-state index contributed by atoms with van der Waals surface area (Å²) in [6.45, 7) is 5.50. The minimum atomic E-state index is -0.359. The van der Waals surface area contributed by atoms with Crippen LogP contribution >= 0.6 is 12.4 Å². The predicted molar refractivity (Wildman–Crippen MR) is 93.2 cm³/mol. The lowest BCUT2D eigenvalue weighted by Gasteiger charge is -2.47. The molecule has 6 heteroatoms. The number of rotatable bonds is 3. The van der Waals surface area contributed by atoms with Gasteiger partial charge in [0.05, 0.1) is 12.2 Å². The van der Waals surface area contributed by atoms with Gasteiger partial charge in [-0.1, -0.05) is 0 Å². The summed E-state index contributed by atoms with van der Waals surface area (Å²) in [4.78, 5) is 18.0. The van der Waals surface area contributed by atoms with Crippen LogP contribution in [0.4, 0.5) is 4.39 Å². The number of aryl methyl sites for hydroxylation is 1. The van der Waals surface area contributed by atoms with Crippen molar-refractivity contribution in [2.75, 3.05) is 26.2 Å². The van der Waals surface area contributed by atoms with Crippen LogP contribution in [0.25, 0.3) is 10.9 Å². The molecule has 1 aromatic heterocycles. The van der Waals surface area contributed by atoms with Gasteiger partial charge in [-0.3, -0.25) is 0 Å². The van der Waals surface area contributed by atoms with Crippen molar-refractivity contribution in [3.05, 3.63) is 35.3 Å². The average molecular weight is 353 g/mol. The number of carbonyl (C=O) groups is 1. The Bertz CT molecular complexity index is 752. The largest absolute Gasteiger partial charge is 0.461 e. The molecule has 0 unspecified atom stereocenters. The smallest absolute Gasteiger partial charge is 0.340 e. The lowest BCUT2D eigenvalue weighted by molar-refractivity contribution is -0.0304. The molecular weight excluding hydrogens is 331 g/mol. The number of fused-ring (bicyclic) bond motifs is 4. The fourth-order valence-electron chi connectivity index (χ4n) is 3.83. The van der Waals surface area contributed by atoms with Crippen LogP contribution in [0, 0.1) is 18.2 Å². The highest BCUT2D eigenvalue weighted by Gasteiger charge is 2.40. The Morgan fingerprint density at radius 3 is 2.62 bits per heavy atom. The number of ether oxygens (including phenoxy) is 1. The van der Waals surface area contributed by atoms with Gasteiger partial charge in [0.25, 0.3) is 0 Å². The Hall–Kier alpha value is -1.59. The summed E-state index contributed by atoms with van der Waals surface area (Å²) >= 11 is 0. The molecule has 0 radical (unpaired) electrons. The molecule has 130 valence electrons. The van der Waals surface area contributed by atoms with Crippen molar-refractivity contribution < 1.29 is 13.9 Å². The first-order chi connectivity index (χ1) is 11.1. The zero-order valence-corrected chi connectivity index (χ0v) is 14.5. The number of aromatic amines is 1. The lowest BCUT2D eigenvalue weighted by Crippen LogP contribution is -2.50. The molecule has 0 atom stereocenters. The number of esters is 1. The van der Waals surface area contributed by atoms with Crippen LogP contribution in [0.15, 0.2) is 18.3 Å². The fraction of sp³-hybridized carbons (Fsp3) is 0.500. The van der Waals surface area contributed by atoms with Crippen LogP contribution in [0.5, 0.6) is 0 Å². The first-order valence-electron chi connectivity index (χ1n) is 8.23. The molecule has 0 saturated carbocycles. The Balaban J connectivity index is 0.00000169. The summed E-state index contributed by atoms with van der Waals surface area (Å²) in [6, 6.07) is 3.13. The third-order valence-electron chi connectivity index (χ3n) is 5.57. The second-order valence-electron chi connectivity index (χ2n) is 7.02. The number of benzene rings is 1. The number of aromatic nitrogens is 1. The monoisotopic (exact) mass is 352 g/mol. The number of carbonyl (C=O) groups excluding carboxylic acids is 1. The van der Waals surface area contributed by atoms with Gasteiger partial charge >= 0.3 is 5.97 Å². The van der Waals surface area contributed by atoms with E-state index in [2.05, 4.69) is 9.88 Å². The SMILES string of the molecule is Cc1cc2[nH]cc(C(=O)OCC34CCN(CC3)CC4)c2cc1F.Cl. The molecule has 2 aromatic rings. The van der Waals surface area contributed by atoms with Crippen molar-refractivity contribution in [2.24, 2.45) is 5.41 Å². The molecule has 2 bridgehead atoms. The Kier molecular flexibility index (Phi) is 4.58. The van der Waals surface area contributed by atoms with E-state index in [0.29, 0.717) is 23.1 Å². The molecule has 4 heterocycles. The van der Waals surface area contributed by atoms with Crippen LogP contribution in [-0.4, -0.2) is 42.1 Å². The molecule has 0 aliphatic carbocycles. The Labute approximate surface area is 146 Å². The number of H-pyrrole nitrogens is 1. The topological polar surface area (TPSA) is 45.3 Å². The second-order valence-corrected chi connectivity index (χ2v) is 7.02. The normalized spacial score (nSPS) is 25.5. The highest BCUT2D eigenvalue weighted by atomic mass is 35.5. The molecule has 1 N–H and O–H groups in total. The van der Waals surface area contributed by atoms with E-state index in [-0.39, 0.29) is 29.6 Å². The van der Waals surface area contributed by atoms with Crippen LogP contribution < -0.4 is 0 Å². The minimum absolute atomic E-state index is 0. The van der Waals surface area contributed by atoms with Gasteiger partial charge in [0.2, 0.25) is 0 Å². The molecule has 3 aliphatic rings. The van der Waals surface area contributed by atoms with Crippen molar-refractivity contribution in [2.45, 2.75) is 26.2 Å². The first-order valence-corrected chi connectivity index (χ1v) is 8.23. The van der Waals surface area contributed by atoms with Gasteiger partial charge in [0, 0.05) is 22.5 Å². The highest BCUT2D eigenvalue weighted by molar-refractivity contribution is 6.04. The summed E-state index contributed by atoms with van der Waals surface area (Å²) in [7, 11) is 0. The molecular formula is C18H22ClFN2O2. The highest BCUT2D eigenvalue weighted by Crippen LogP contribution is 2.40. The molecule has 0 amide bonds. The van der Waals surface area contributed by atoms with E-state index >= 15 is 0 Å². The van der Waals surface area contributed by atoms with E-state index in [4.69, 9.17) is 4.74 Å². The zero-order chi connectivity index (χ0) is 16.0. The van der Waals surface area contributed by atoms with Gasteiger partial charge < -0.3 is 14.6 Å². The number of piperidine rings is 3. The molecule has 4 nitrogen and oxygen atoms in total. The second kappa shape index (κ2) is 6.37. The van der Waals surface area contributed by atoms with Crippen LogP contribution in [0.1, 0.15) is 35.2 Å². The number of hydrogen-bond donors (Lipinski definition) is 1. The summed E-state index contributed by atoms with van der Waals surface area (Å²) in [5, 5.41) is 0.592. The quantitative estimate of drug-likeness (QED) is 0.857. The van der Waals surface area contributed by atoms with E-state index in [0.717, 1.165) is 44.4 Å². The van der Waals surface area contributed by atoms with Crippen molar-refractivity contribution >= 4 is 29.3 Å². The molecule has 3 saturated heterocycles. The third kappa shape index (κ3) is 2.91.